The molecule has 9 nitrogen and oxygen atoms in total. The van der Waals surface area contributed by atoms with Gasteiger partial charge in [0.1, 0.15) is 11.4 Å². The first-order valence-corrected chi connectivity index (χ1v) is 17.3. The SMILES string of the molecule is Cc1cc(OCCCc2c3n(c4c(-c5c(C)nn(C)c5C)c(Cl)ccc24)C(C)CN(c2ccnc4ccc(C(=O)O)cc24)C3=O)cc(C)c1Cl. The van der Waals surface area contributed by atoms with E-state index in [2.05, 4.69) is 16.5 Å². The van der Waals surface area contributed by atoms with Crippen molar-refractivity contribution < 1.29 is 19.4 Å². The van der Waals surface area contributed by atoms with E-state index in [1.165, 1.54) is 6.07 Å². The lowest BCUT2D eigenvalue weighted by Crippen LogP contribution is -2.42. The van der Waals surface area contributed by atoms with E-state index in [1.54, 1.807) is 29.3 Å². The molecule has 0 spiro atoms. The molecule has 0 saturated heterocycles. The third-order valence-corrected chi connectivity index (χ3v) is 10.7. The Balaban J connectivity index is 1.38. The Labute approximate surface area is 300 Å². The number of nitrogens with zero attached hydrogens (tertiary/aromatic N) is 5. The Morgan fingerprint density at radius 1 is 1.00 bits per heavy atom. The van der Waals surface area contributed by atoms with Crippen LogP contribution in [0.2, 0.25) is 10.0 Å². The molecular formula is C39H37Cl2N5O4. The fourth-order valence-corrected chi connectivity index (χ4v) is 7.79. The zero-order chi connectivity index (χ0) is 35.6. The van der Waals surface area contributed by atoms with Crippen molar-refractivity contribution in [1.82, 2.24) is 19.3 Å². The molecule has 0 saturated carbocycles. The monoisotopic (exact) mass is 709 g/mol. The standard InChI is InChI=1S/C39H37Cl2N5O4/c1-20-16-26(17-21(2)35(20)41)50-15-7-8-27-28-10-11-30(40)34(33-23(4)43-44(6)24(33)5)36(28)46-22(3)19-45(38(47)37(27)46)32-13-14-42-31-12-9-25(39(48)49)18-29(31)32/h9-14,16-18,22H,7-8,15,19H2,1-6H3,(H,48,49). The van der Waals surface area contributed by atoms with E-state index in [1.807, 2.05) is 63.7 Å². The van der Waals surface area contributed by atoms with Gasteiger partial charge in [0.25, 0.3) is 5.91 Å². The van der Waals surface area contributed by atoms with E-state index >= 15 is 0 Å². The fraction of sp³-hybridized carbons (Fsp3) is 0.282. The van der Waals surface area contributed by atoms with Gasteiger partial charge in [-0.1, -0.05) is 29.3 Å². The largest absolute Gasteiger partial charge is 0.494 e. The highest BCUT2D eigenvalue weighted by Crippen LogP contribution is 2.45. The minimum atomic E-state index is -1.04. The van der Waals surface area contributed by atoms with Gasteiger partial charge in [0, 0.05) is 58.4 Å². The maximum atomic E-state index is 14.9. The van der Waals surface area contributed by atoms with Crippen LogP contribution < -0.4 is 9.64 Å². The normalized spacial score (nSPS) is 14.5. The van der Waals surface area contributed by atoms with E-state index in [4.69, 9.17) is 33.0 Å². The van der Waals surface area contributed by atoms with Gasteiger partial charge in [0.15, 0.2) is 0 Å². The van der Waals surface area contributed by atoms with Crippen LogP contribution in [0.3, 0.4) is 0 Å². The smallest absolute Gasteiger partial charge is 0.335 e. The molecule has 0 bridgehead atoms. The molecule has 0 fully saturated rings. The zero-order valence-corrected chi connectivity index (χ0v) is 30.3. The number of carboxylic acid groups (broad SMARTS) is 1. The predicted molar refractivity (Wildman–Crippen MR) is 198 cm³/mol. The maximum Gasteiger partial charge on any atom is 0.335 e. The zero-order valence-electron chi connectivity index (χ0n) is 28.8. The van der Waals surface area contributed by atoms with Crippen LogP contribution >= 0.6 is 23.2 Å². The summed E-state index contributed by atoms with van der Waals surface area (Å²) in [4.78, 5) is 33.1. The van der Waals surface area contributed by atoms with Crippen LogP contribution in [0.5, 0.6) is 5.75 Å². The highest BCUT2D eigenvalue weighted by Gasteiger charge is 2.37. The van der Waals surface area contributed by atoms with E-state index < -0.39 is 5.97 Å². The van der Waals surface area contributed by atoms with Gasteiger partial charge in [-0.05, 0) is 107 Å². The van der Waals surface area contributed by atoms with Crippen molar-refractivity contribution in [1.29, 1.82) is 0 Å². The Hall–Kier alpha value is -4.86. The van der Waals surface area contributed by atoms with Gasteiger partial charge in [-0.15, -0.1) is 0 Å². The van der Waals surface area contributed by atoms with Gasteiger partial charge >= 0.3 is 5.97 Å². The Bertz CT molecular complexity index is 2350. The number of rotatable bonds is 8. The van der Waals surface area contributed by atoms with E-state index in [9.17, 15) is 14.7 Å². The number of halogens is 2. The molecule has 0 radical (unpaired) electrons. The molecule has 256 valence electrons. The maximum absolute atomic E-state index is 14.9. The summed E-state index contributed by atoms with van der Waals surface area (Å²) in [5, 5.41) is 17.3. The summed E-state index contributed by atoms with van der Waals surface area (Å²) in [5.74, 6) is -0.459. The number of aromatic carboxylic acids is 1. The first-order valence-electron chi connectivity index (χ1n) is 16.6. The topological polar surface area (TPSA) is 102 Å². The number of pyridine rings is 1. The number of hydrogen-bond acceptors (Lipinski definition) is 5. The molecule has 1 aliphatic rings. The number of aromatic nitrogens is 4. The summed E-state index contributed by atoms with van der Waals surface area (Å²) in [7, 11) is 1.92. The molecule has 50 heavy (non-hydrogen) atoms. The van der Waals surface area contributed by atoms with Crippen molar-refractivity contribution in [3.8, 4) is 16.9 Å². The summed E-state index contributed by atoms with van der Waals surface area (Å²) in [6.45, 7) is 10.8. The first-order chi connectivity index (χ1) is 23.9. The molecule has 1 N–H and O–H groups in total. The van der Waals surface area contributed by atoms with Crippen LogP contribution in [0.25, 0.3) is 32.9 Å². The van der Waals surface area contributed by atoms with Gasteiger partial charge in [0.2, 0.25) is 0 Å². The van der Waals surface area contributed by atoms with Crippen LogP contribution in [-0.2, 0) is 13.5 Å². The van der Waals surface area contributed by atoms with E-state index in [0.29, 0.717) is 53.3 Å². The van der Waals surface area contributed by atoms with Crippen molar-refractivity contribution >= 4 is 62.6 Å². The molecular weight excluding hydrogens is 673 g/mol. The van der Waals surface area contributed by atoms with Crippen LogP contribution in [0, 0.1) is 27.7 Å². The van der Waals surface area contributed by atoms with E-state index in [0.717, 1.165) is 60.9 Å². The summed E-state index contributed by atoms with van der Waals surface area (Å²) in [5.41, 5.74) is 9.31. The van der Waals surface area contributed by atoms with Crippen molar-refractivity contribution in [2.75, 3.05) is 18.1 Å². The molecule has 0 aliphatic carbocycles. The summed E-state index contributed by atoms with van der Waals surface area (Å²) >= 11 is 13.4. The third kappa shape index (κ3) is 5.49. The number of benzene rings is 3. The second kappa shape index (κ2) is 12.8. The van der Waals surface area contributed by atoms with Crippen molar-refractivity contribution in [2.45, 2.75) is 53.5 Å². The van der Waals surface area contributed by atoms with Gasteiger partial charge in [-0.2, -0.15) is 5.10 Å². The van der Waals surface area contributed by atoms with Crippen LogP contribution in [0.15, 0.2) is 54.7 Å². The Morgan fingerprint density at radius 3 is 2.42 bits per heavy atom. The number of hydrogen-bond donors (Lipinski definition) is 1. The minimum absolute atomic E-state index is 0.131. The summed E-state index contributed by atoms with van der Waals surface area (Å²) in [6, 6.07) is 14.2. The molecule has 4 heterocycles. The lowest BCUT2D eigenvalue weighted by Gasteiger charge is -2.35. The minimum Gasteiger partial charge on any atom is -0.494 e. The molecule has 3 aromatic carbocycles. The number of ether oxygens (including phenoxy) is 1. The van der Waals surface area contributed by atoms with Gasteiger partial charge in [-0.3, -0.25) is 14.5 Å². The molecule has 7 rings (SSSR count). The number of carbonyl (C=O) groups excluding carboxylic acids is 1. The lowest BCUT2D eigenvalue weighted by atomic mass is 9.98. The number of carboxylic acids is 1. The first kappa shape index (κ1) is 33.6. The summed E-state index contributed by atoms with van der Waals surface area (Å²) in [6.07, 6.45) is 2.88. The number of fused-ring (bicyclic) bond motifs is 4. The average molecular weight is 711 g/mol. The third-order valence-electron chi connectivity index (χ3n) is 9.82. The molecule has 1 atom stereocenters. The van der Waals surface area contributed by atoms with Crippen LogP contribution in [0.4, 0.5) is 5.69 Å². The number of amides is 1. The van der Waals surface area contributed by atoms with Crippen LogP contribution in [-0.4, -0.2) is 49.5 Å². The van der Waals surface area contributed by atoms with Crippen LogP contribution in [0.1, 0.15) is 68.3 Å². The molecule has 1 aliphatic heterocycles. The molecule has 1 unspecified atom stereocenters. The second-order valence-corrected chi connectivity index (χ2v) is 13.9. The van der Waals surface area contributed by atoms with Gasteiger partial charge in [0.05, 0.1) is 39.6 Å². The quantitative estimate of drug-likeness (QED) is 0.158. The number of aryl methyl sites for hydroxylation is 5. The van der Waals surface area contributed by atoms with E-state index in [-0.39, 0.29) is 17.5 Å². The Kier molecular flexibility index (Phi) is 8.60. The predicted octanol–water partition coefficient (Wildman–Crippen LogP) is 9.06. The second-order valence-electron chi connectivity index (χ2n) is 13.1. The molecule has 3 aromatic heterocycles. The van der Waals surface area contributed by atoms with Crippen molar-refractivity contribution in [2.24, 2.45) is 7.05 Å². The molecule has 6 aromatic rings. The highest BCUT2D eigenvalue weighted by atomic mass is 35.5. The molecule has 1 amide bonds. The van der Waals surface area contributed by atoms with Gasteiger partial charge < -0.3 is 19.3 Å². The summed E-state index contributed by atoms with van der Waals surface area (Å²) < 4.78 is 10.2. The average Bonchev–Trinajstić information content (AvgIpc) is 3.55. The Morgan fingerprint density at radius 2 is 1.74 bits per heavy atom. The van der Waals surface area contributed by atoms with Crippen molar-refractivity contribution in [3.05, 3.63) is 104 Å². The highest BCUT2D eigenvalue weighted by molar-refractivity contribution is 6.35. The van der Waals surface area contributed by atoms with Gasteiger partial charge in [-0.25, -0.2) is 4.79 Å². The number of anilines is 1. The lowest BCUT2D eigenvalue weighted by molar-refractivity contribution is 0.0696. The number of carbonyl (C=O) groups is 2. The molecule has 11 heteroatoms. The van der Waals surface area contributed by atoms with Crippen molar-refractivity contribution in [3.63, 3.8) is 0 Å². The fourth-order valence-electron chi connectivity index (χ4n) is 7.44.